The van der Waals surface area contributed by atoms with Gasteiger partial charge in [0.1, 0.15) is 0 Å². The van der Waals surface area contributed by atoms with Gasteiger partial charge in [0.2, 0.25) is 0 Å². The molecule has 0 amide bonds. The van der Waals surface area contributed by atoms with Crippen molar-refractivity contribution in [1.29, 1.82) is 0 Å². The molecule has 0 saturated heterocycles. The summed E-state index contributed by atoms with van der Waals surface area (Å²) in [5, 5.41) is 3.26. The molecule has 0 rings (SSSR count). The standard InChI is InChI=1S/C21H37N/c1-10-14-19(15-11-2)21(9,13-4)17(7)20(12-3)18(8)22-16(5)6/h12,19,22H,3,5,8,10-11,13-15H2,1-2,4,6-7,9H3/b20-17+. The molecule has 1 nitrogen and oxygen atoms in total. The van der Waals surface area contributed by atoms with E-state index in [-0.39, 0.29) is 5.41 Å². The molecule has 0 aromatic carbocycles. The molecule has 0 aromatic heterocycles. The number of rotatable bonds is 11. The predicted octanol–water partition coefficient (Wildman–Crippen LogP) is 6.76. The number of hydrogen-bond donors (Lipinski definition) is 1. The zero-order valence-electron chi connectivity index (χ0n) is 15.8. The van der Waals surface area contributed by atoms with Gasteiger partial charge in [-0.25, -0.2) is 0 Å². The summed E-state index contributed by atoms with van der Waals surface area (Å²) in [5.41, 5.74) is 4.55. The van der Waals surface area contributed by atoms with Crippen LogP contribution >= 0.6 is 0 Å². The van der Waals surface area contributed by atoms with E-state index < -0.39 is 0 Å². The van der Waals surface area contributed by atoms with E-state index in [1.54, 1.807) is 0 Å². The Morgan fingerprint density at radius 3 is 1.91 bits per heavy atom. The Kier molecular flexibility index (Phi) is 9.16. The van der Waals surface area contributed by atoms with Crippen LogP contribution in [0.4, 0.5) is 0 Å². The smallest absolute Gasteiger partial charge is 0.0381 e. The highest BCUT2D eigenvalue weighted by molar-refractivity contribution is 5.43. The molecular weight excluding hydrogens is 266 g/mol. The minimum Gasteiger partial charge on any atom is -0.360 e. The minimum absolute atomic E-state index is 0.190. The van der Waals surface area contributed by atoms with Gasteiger partial charge in [-0.1, -0.05) is 71.9 Å². The third-order valence-electron chi connectivity index (χ3n) is 5.06. The van der Waals surface area contributed by atoms with Gasteiger partial charge in [-0.3, -0.25) is 0 Å². The Bertz CT molecular complexity index is 421. The van der Waals surface area contributed by atoms with E-state index in [4.69, 9.17) is 0 Å². The van der Waals surface area contributed by atoms with E-state index in [0.29, 0.717) is 5.92 Å². The molecule has 0 aliphatic carbocycles. The molecule has 0 fully saturated rings. The van der Waals surface area contributed by atoms with Gasteiger partial charge in [0.05, 0.1) is 0 Å². The molecule has 0 aliphatic heterocycles. The highest BCUT2D eigenvalue weighted by Gasteiger charge is 2.34. The molecule has 22 heavy (non-hydrogen) atoms. The normalized spacial score (nSPS) is 15.0. The second-order valence-corrected chi connectivity index (χ2v) is 6.67. The summed E-state index contributed by atoms with van der Waals surface area (Å²) in [6.07, 6.45) is 8.11. The Hall–Kier alpha value is -1.24. The molecule has 1 atom stereocenters. The van der Waals surface area contributed by atoms with E-state index in [2.05, 4.69) is 59.7 Å². The first-order valence-corrected chi connectivity index (χ1v) is 8.73. The van der Waals surface area contributed by atoms with Crippen molar-refractivity contribution in [2.75, 3.05) is 0 Å². The van der Waals surface area contributed by atoms with E-state index in [0.717, 1.165) is 23.4 Å². The molecule has 1 N–H and O–H groups in total. The molecule has 0 aromatic rings. The lowest BCUT2D eigenvalue weighted by molar-refractivity contribution is 0.196. The first-order valence-electron chi connectivity index (χ1n) is 8.73. The van der Waals surface area contributed by atoms with Crippen LogP contribution in [0.1, 0.15) is 73.6 Å². The molecule has 0 saturated carbocycles. The number of hydrogen-bond acceptors (Lipinski definition) is 1. The SMILES string of the molecule is C=C/C(C(=C)NC(=C)C)=C(/C)C(C)(CC)C(CCC)CCC. The van der Waals surface area contributed by atoms with Crippen molar-refractivity contribution >= 4 is 0 Å². The van der Waals surface area contributed by atoms with Crippen LogP contribution < -0.4 is 5.32 Å². The maximum Gasteiger partial charge on any atom is 0.0381 e. The second kappa shape index (κ2) is 9.71. The first-order chi connectivity index (χ1) is 10.3. The van der Waals surface area contributed by atoms with Crippen molar-refractivity contribution < 1.29 is 0 Å². The lowest BCUT2D eigenvalue weighted by Gasteiger charge is -2.40. The molecule has 0 bridgehead atoms. The lowest BCUT2D eigenvalue weighted by Crippen LogP contribution is -2.30. The quantitative estimate of drug-likeness (QED) is 0.416. The summed E-state index contributed by atoms with van der Waals surface area (Å²) in [7, 11) is 0. The van der Waals surface area contributed by atoms with Crippen molar-refractivity contribution in [1.82, 2.24) is 5.32 Å². The van der Waals surface area contributed by atoms with Gasteiger partial charge in [-0.05, 0) is 50.0 Å². The van der Waals surface area contributed by atoms with Crippen molar-refractivity contribution in [3.8, 4) is 0 Å². The molecule has 0 aliphatic rings. The van der Waals surface area contributed by atoms with Gasteiger partial charge >= 0.3 is 0 Å². The average Bonchev–Trinajstić information content (AvgIpc) is 2.46. The Morgan fingerprint density at radius 1 is 1.09 bits per heavy atom. The van der Waals surface area contributed by atoms with Gasteiger partial charge in [-0.2, -0.15) is 0 Å². The van der Waals surface area contributed by atoms with Crippen LogP contribution in [0.25, 0.3) is 0 Å². The molecule has 1 unspecified atom stereocenters. The van der Waals surface area contributed by atoms with Crippen LogP contribution in [-0.4, -0.2) is 0 Å². The number of allylic oxidation sites excluding steroid dienone is 3. The fourth-order valence-corrected chi connectivity index (χ4v) is 3.47. The van der Waals surface area contributed by atoms with E-state index >= 15 is 0 Å². The van der Waals surface area contributed by atoms with Crippen molar-refractivity contribution in [2.24, 2.45) is 11.3 Å². The fraction of sp³-hybridized carbons (Fsp3) is 0.619. The topological polar surface area (TPSA) is 12.0 Å². The third-order valence-corrected chi connectivity index (χ3v) is 5.06. The molecule has 0 spiro atoms. The van der Waals surface area contributed by atoms with Crippen LogP contribution in [0.15, 0.2) is 48.4 Å². The van der Waals surface area contributed by atoms with Crippen LogP contribution in [0.2, 0.25) is 0 Å². The van der Waals surface area contributed by atoms with Crippen molar-refractivity contribution in [2.45, 2.75) is 73.6 Å². The Labute approximate surface area is 139 Å². The highest BCUT2D eigenvalue weighted by atomic mass is 14.9. The lowest BCUT2D eigenvalue weighted by atomic mass is 9.65. The summed E-state index contributed by atoms with van der Waals surface area (Å²) < 4.78 is 0. The average molecular weight is 304 g/mol. The van der Waals surface area contributed by atoms with Crippen molar-refractivity contribution in [3.63, 3.8) is 0 Å². The third kappa shape index (κ3) is 5.19. The van der Waals surface area contributed by atoms with Crippen molar-refractivity contribution in [3.05, 3.63) is 48.4 Å². The van der Waals surface area contributed by atoms with Crippen LogP contribution in [0, 0.1) is 11.3 Å². The summed E-state index contributed by atoms with van der Waals surface area (Å²) in [4.78, 5) is 0. The molecule has 0 heterocycles. The minimum atomic E-state index is 0.190. The zero-order chi connectivity index (χ0) is 17.3. The molecular formula is C21H37N. The Morgan fingerprint density at radius 2 is 1.59 bits per heavy atom. The van der Waals surface area contributed by atoms with Crippen LogP contribution in [0.5, 0.6) is 0 Å². The second-order valence-electron chi connectivity index (χ2n) is 6.67. The maximum absolute atomic E-state index is 4.19. The first kappa shape index (κ1) is 20.8. The largest absolute Gasteiger partial charge is 0.360 e. The van der Waals surface area contributed by atoms with Gasteiger partial charge in [0, 0.05) is 11.4 Å². The van der Waals surface area contributed by atoms with E-state index in [9.17, 15) is 0 Å². The summed E-state index contributed by atoms with van der Waals surface area (Å²) in [6.45, 7) is 25.6. The fourth-order valence-electron chi connectivity index (χ4n) is 3.47. The molecule has 1 heteroatoms. The summed E-state index contributed by atoms with van der Waals surface area (Å²) in [5.74, 6) is 0.708. The number of nitrogens with one attached hydrogen (secondary N) is 1. The predicted molar refractivity (Wildman–Crippen MR) is 102 cm³/mol. The monoisotopic (exact) mass is 303 g/mol. The van der Waals surface area contributed by atoms with E-state index in [1.807, 2.05) is 13.0 Å². The zero-order valence-corrected chi connectivity index (χ0v) is 15.8. The highest BCUT2D eigenvalue weighted by Crippen LogP contribution is 2.45. The maximum atomic E-state index is 4.19. The molecule has 0 radical (unpaired) electrons. The summed E-state index contributed by atoms with van der Waals surface area (Å²) in [6, 6.07) is 0. The van der Waals surface area contributed by atoms with Gasteiger partial charge in [-0.15, -0.1) is 0 Å². The summed E-state index contributed by atoms with van der Waals surface area (Å²) >= 11 is 0. The van der Waals surface area contributed by atoms with Crippen LogP contribution in [0.3, 0.4) is 0 Å². The molecule has 126 valence electrons. The van der Waals surface area contributed by atoms with Gasteiger partial charge in [0.25, 0.3) is 0 Å². The van der Waals surface area contributed by atoms with Crippen LogP contribution in [-0.2, 0) is 0 Å². The van der Waals surface area contributed by atoms with Gasteiger partial charge in [0.15, 0.2) is 0 Å². The van der Waals surface area contributed by atoms with E-state index in [1.165, 1.54) is 31.3 Å². The van der Waals surface area contributed by atoms with Gasteiger partial charge < -0.3 is 5.32 Å². The Balaban J connectivity index is 5.80.